The number of thiophene rings is 1. The molecule has 0 spiro atoms. The van der Waals surface area contributed by atoms with E-state index in [1.54, 1.807) is 18.4 Å². The lowest BCUT2D eigenvalue weighted by Crippen LogP contribution is -2.04. The van der Waals surface area contributed by atoms with Crippen LogP contribution in [0.3, 0.4) is 0 Å². The number of carbonyl (C=O) groups excluding carboxylic acids is 1. The zero-order valence-electron chi connectivity index (χ0n) is 6.16. The fourth-order valence-corrected chi connectivity index (χ4v) is 1.39. The van der Waals surface area contributed by atoms with E-state index in [0.29, 0.717) is 17.2 Å². The second kappa shape index (κ2) is 3.39. The zero-order valence-corrected chi connectivity index (χ0v) is 6.98. The molecule has 1 heterocycles. The van der Waals surface area contributed by atoms with Gasteiger partial charge in [-0.2, -0.15) is 0 Å². The fraction of sp³-hybridized carbons (Fsp3) is 0.286. The van der Waals surface area contributed by atoms with Crippen LogP contribution in [0.2, 0.25) is 0 Å². The standard InChI is InChI=1S/C7H9NO2S/c1-2-10-7(9)6-5(8)3-4-11-6/h3-4H,2,8H2,1H3. The van der Waals surface area contributed by atoms with E-state index in [-0.39, 0.29) is 5.97 Å². The number of esters is 1. The first-order valence-corrected chi connectivity index (χ1v) is 4.13. The lowest BCUT2D eigenvalue weighted by Gasteiger charge is -1.98. The van der Waals surface area contributed by atoms with E-state index in [2.05, 4.69) is 0 Å². The Labute approximate surface area is 68.8 Å². The van der Waals surface area contributed by atoms with Gasteiger partial charge in [0.15, 0.2) is 0 Å². The molecule has 3 nitrogen and oxygen atoms in total. The summed E-state index contributed by atoms with van der Waals surface area (Å²) in [5.41, 5.74) is 5.98. The minimum atomic E-state index is -0.333. The van der Waals surface area contributed by atoms with Gasteiger partial charge in [0.2, 0.25) is 0 Å². The van der Waals surface area contributed by atoms with Crippen LogP contribution in [0.25, 0.3) is 0 Å². The van der Waals surface area contributed by atoms with Gasteiger partial charge >= 0.3 is 5.97 Å². The first-order valence-electron chi connectivity index (χ1n) is 3.25. The highest BCUT2D eigenvalue weighted by Crippen LogP contribution is 2.19. The Morgan fingerprint density at radius 3 is 3.00 bits per heavy atom. The molecule has 1 aromatic heterocycles. The number of rotatable bonds is 2. The van der Waals surface area contributed by atoms with Gasteiger partial charge in [-0.05, 0) is 18.4 Å². The molecule has 0 aliphatic rings. The first-order chi connectivity index (χ1) is 5.25. The molecule has 0 unspecified atom stereocenters. The van der Waals surface area contributed by atoms with E-state index in [9.17, 15) is 4.79 Å². The SMILES string of the molecule is CCOC(=O)c1sccc1N. The van der Waals surface area contributed by atoms with Crippen molar-refractivity contribution in [2.75, 3.05) is 12.3 Å². The number of carbonyl (C=O) groups is 1. The topological polar surface area (TPSA) is 52.3 Å². The molecule has 0 radical (unpaired) electrons. The molecular formula is C7H9NO2S. The third kappa shape index (κ3) is 1.71. The van der Waals surface area contributed by atoms with E-state index in [1.165, 1.54) is 11.3 Å². The second-order valence-corrected chi connectivity index (χ2v) is 2.84. The van der Waals surface area contributed by atoms with Crippen LogP contribution in [0.5, 0.6) is 0 Å². The van der Waals surface area contributed by atoms with E-state index in [1.807, 2.05) is 0 Å². The van der Waals surface area contributed by atoms with Crippen molar-refractivity contribution in [1.29, 1.82) is 0 Å². The van der Waals surface area contributed by atoms with Crippen LogP contribution in [0.15, 0.2) is 11.4 Å². The predicted molar refractivity (Wildman–Crippen MR) is 44.7 cm³/mol. The Morgan fingerprint density at radius 1 is 1.82 bits per heavy atom. The molecule has 1 rings (SSSR count). The van der Waals surface area contributed by atoms with Crippen molar-refractivity contribution in [3.63, 3.8) is 0 Å². The maximum Gasteiger partial charge on any atom is 0.350 e. The summed E-state index contributed by atoms with van der Waals surface area (Å²) >= 11 is 1.30. The van der Waals surface area contributed by atoms with Crippen LogP contribution < -0.4 is 5.73 Å². The van der Waals surface area contributed by atoms with Crippen LogP contribution in [-0.2, 0) is 4.74 Å². The summed E-state index contributed by atoms with van der Waals surface area (Å²) in [5.74, 6) is -0.333. The summed E-state index contributed by atoms with van der Waals surface area (Å²) in [6, 6.07) is 1.69. The second-order valence-electron chi connectivity index (χ2n) is 1.93. The Balaban J connectivity index is 2.76. The first kappa shape index (κ1) is 8.07. The highest BCUT2D eigenvalue weighted by Gasteiger charge is 2.10. The number of hydrogen-bond acceptors (Lipinski definition) is 4. The van der Waals surface area contributed by atoms with Crippen molar-refractivity contribution in [3.05, 3.63) is 16.3 Å². The Bertz CT molecular complexity index is 257. The predicted octanol–water partition coefficient (Wildman–Crippen LogP) is 1.51. The van der Waals surface area contributed by atoms with Crippen molar-refractivity contribution in [1.82, 2.24) is 0 Å². The average molecular weight is 171 g/mol. The number of anilines is 1. The third-order valence-electron chi connectivity index (χ3n) is 1.16. The molecule has 0 atom stereocenters. The molecule has 0 aliphatic heterocycles. The Morgan fingerprint density at radius 2 is 2.55 bits per heavy atom. The molecule has 1 aromatic rings. The smallest absolute Gasteiger partial charge is 0.350 e. The summed E-state index contributed by atoms with van der Waals surface area (Å²) in [7, 11) is 0. The van der Waals surface area contributed by atoms with Gasteiger partial charge in [-0.3, -0.25) is 0 Å². The largest absolute Gasteiger partial charge is 0.462 e. The molecule has 4 heteroatoms. The number of nitrogen functional groups attached to an aromatic ring is 1. The molecule has 0 bridgehead atoms. The Hall–Kier alpha value is -1.03. The molecule has 0 aromatic carbocycles. The zero-order chi connectivity index (χ0) is 8.27. The van der Waals surface area contributed by atoms with Crippen molar-refractivity contribution >= 4 is 23.0 Å². The number of ether oxygens (including phenoxy) is 1. The monoisotopic (exact) mass is 171 g/mol. The van der Waals surface area contributed by atoms with Crippen molar-refractivity contribution < 1.29 is 9.53 Å². The van der Waals surface area contributed by atoms with Crippen LogP contribution in [0, 0.1) is 0 Å². The third-order valence-corrected chi connectivity index (χ3v) is 2.07. The van der Waals surface area contributed by atoms with Gasteiger partial charge < -0.3 is 10.5 Å². The molecule has 0 aliphatic carbocycles. The molecule has 0 fully saturated rings. The minimum absolute atomic E-state index is 0.333. The molecule has 0 saturated heterocycles. The Kier molecular flexibility index (Phi) is 2.48. The molecule has 2 N–H and O–H groups in total. The van der Waals surface area contributed by atoms with Crippen LogP contribution >= 0.6 is 11.3 Å². The normalized spacial score (nSPS) is 9.55. The van der Waals surface area contributed by atoms with E-state index in [0.717, 1.165) is 0 Å². The molecule has 11 heavy (non-hydrogen) atoms. The van der Waals surface area contributed by atoms with Crippen molar-refractivity contribution in [2.24, 2.45) is 0 Å². The number of hydrogen-bond donors (Lipinski definition) is 1. The fourth-order valence-electron chi connectivity index (χ4n) is 0.682. The van der Waals surface area contributed by atoms with Gasteiger partial charge in [-0.15, -0.1) is 11.3 Å². The highest BCUT2D eigenvalue weighted by molar-refractivity contribution is 7.12. The summed E-state index contributed by atoms with van der Waals surface area (Å²) < 4.78 is 4.76. The van der Waals surface area contributed by atoms with Gasteiger partial charge in [-0.1, -0.05) is 0 Å². The van der Waals surface area contributed by atoms with E-state index >= 15 is 0 Å². The lowest BCUT2D eigenvalue weighted by molar-refractivity contribution is 0.0533. The molecule has 60 valence electrons. The van der Waals surface area contributed by atoms with Gasteiger partial charge in [0.1, 0.15) is 4.88 Å². The quantitative estimate of drug-likeness (QED) is 0.686. The van der Waals surface area contributed by atoms with Gasteiger partial charge in [0.25, 0.3) is 0 Å². The average Bonchev–Trinajstić information content (AvgIpc) is 2.36. The molecular weight excluding hydrogens is 162 g/mol. The van der Waals surface area contributed by atoms with Crippen molar-refractivity contribution in [3.8, 4) is 0 Å². The van der Waals surface area contributed by atoms with E-state index in [4.69, 9.17) is 10.5 Å². The maximum absolute atomic E-state index is 11.0. The van der Waals surface area contributed by atoms with E-state index < -0.39 is 0 Å². The lowest BCUT2D eigenvalue weighted by atomic mass is 10.4. The summed E-state index contributed by atoms with van der Waals surface area (Å²) in [6.07, 6.45) is 0. The van der Waals surface area contributed by atoms with Crippen molar-refractivity contribution in [2.45, 2.75) is 6.92 Å². The number of nitrogens with two attached hydrogens (primary N) is 1. The summed E-state index contributed by atoms with van der Waals surface area (Å²) in [5, 5.41) is 1.77. The van der Waals surface area contributed by atoms with Crippen LogP contribution in [0.4, 0.5) is 5.69 Å². The van der Waals surface area contributed by atoms with Crippen LogP contribution in [-0.4, -0.2) is 12.6 Å². The van der Waals surface area contributed by atoms with Gasteiger partial charge in [0.05, 0.1) is 12.3 Å². The van der Waals surface area contributed by atoms with Gasteiger partial charge in [-0.25, -0.2) is 4.79 Å². The molecule has 0 saturated carbocycles. The van der Waals surface area contributed by atoms with Gasteiger partial charge in [0, 0.05) is 0 Å². The van der Waals surface area contributed by atoms with Crippen LogP contribution in [0.1, 0.15) is 16.6 Å². The summed E-state index contributed by atoms with van der Waals surface area (Å²) in [6.45, 7) is 2.15. The summed E-state index contributed by atoms with van der Waals surface area (Å²) in [4.78, 5) is 11.5. The highest BCUT2D eigenvalue weighted by atomic mass is 32.1. The minimum Gasteiger partial charge on any atom is -0.462 e. The maximum atomic E-state index is 11.0. The molecule has 0 amide bonds.